The zero-order valence-electron chi connectivity index (χ0n) is 14.4. The van der Waals surface area contributed by atoms with Crippen molar-refractivity contribution in [2.75, 3.05) is 6.61 Å². The van der Waals surface area contributed by atoms with Crippen LogP contribution in [0.3, 0.4) is 0 Å². The first-order chi connectivity index (χ1) is 10.4. The number of hydrogen-bond acceptors (Lipinski definition) is 2. The Labute approximate surface area is 155 Å². The highest BCUT2D eigenvalue weighted by Gasteiger charge is 1.94. The highest BCUT2D eigenvalue weighted by atomic mass is 32.2. The largest absolute Gasteiger partial charge is 0.494 e. The molecule has 0 aliphatic carbocycles. The summed E-state index contributed by atoms with van der Waals surface area (Å²) >= 11 is 1.55. The van der Waals surface area contributed by atoms with Crippen molar-refractivity contribution in [3.63, 3.8) is 0 Å². The average Bonchev–Trinajstić information content (AvgIpc) is 2.54. The summed E-state index contributed by atoms with van der Waals surface area (Å²) < 4.78 is 5.68. The van der Waals surface area contributed by atoms with Crippen molar-refractivity contribution in [2.45, 2.75) is 31.1 Å². The van der Waals surface area contributed by atoms with Crippen molar-refractivity contribution < 1.29 is 28.3 Å². The molecule has 0 saturated heterocycles. The third-order valence-electron chi connectivity index (χ3n) is 2.98. The zero-order chi connectivity index (χ0) is 14.8. The minimum Gasteiger partial charge on any atom is -0.494 e. The van der Waals surface area contributed by atoms with Gasteiger partial charge in [0.05, 0.1) is 6.61 Å². The Hall–Kier alpha value is -2.20. The zero-order valence-corrected chi connectivity index (χ0v) is 15.2. The molecule has 0 aromatic heterocycles. The quantitative estimate of drug-likeness (QED) is 0.252. The molecule has 1 nitrogen and oxygen atoms in total. The molecular weight excluding hydrogens is 371 g/mol. The third-order valence-corrected chi connectivity index (χ3v) is 3.69. The minimum absolute atomic E-state index is 0. The number of hydrogen-bond donors (Lipinski definition) is 0. The van der Waals surface area contributed by atoms with Crippen LogP contribution >= 0.6 is 11.8 Å². The maximum Gasteiger partial charge on any atom is 0.119 e. The molecule has 0 unspecified atom stereocenters. The first kappa shape index (κ1) is 31.6. The Bertz CT molecular complexity index is 597. The van der Waals surface area contributed by atoms with Gasteiger partial charge in [0, 0.05) is 10.5 Å². The average molecular weight is 396 g/mol. The molecule has 0 aliphatic rings. The Kier molecular flexibility index (Phi) is 23.2. The summed E-state index contributed by atoms with van der Waals surface area (Å²) in [5.41, 5.74) is 1.01. The standard InChI is InChI=1S/C19H20OS.5FH/c1-2-3-7-15-20-18-12-10-17(11-13-18)14-16-21-19-8-5-4-6-9-19;;;;;/h4-6,8-13H,2-3,7,15H2,1H3;5*1H. The van der Waals surface area contributed by atoms with E-state index in [-0.39, 0.29) is 23.5 Å². The van der Waals surface area contributed by atoms with Crippen molar-refractivity contribution in [2.24, 2.45) is 0 Å². The van der Waals surface area contributed by atoms with Gasteiger partial charge in [-0.05, 0) is 59.8 Å². The lowest BCUT2D eigenvalue weighted by Gasteiger charge is -2.05. The second-order valence-corrected chi connectivity index (χ2v) is 5.60. The van der Waals surface area contributed by atoms with E-state index in [9.17, 15) is 0 Å². The van der Waals surface area contributed by atoms with E-state index in [0.717, 1.165) is 24.3 Å². The summed E-state index contributed by atoms with van der Waals surface area (Å²) in [5, 5.41) is 3.12. The smallest absolute Gasteiger partial charge is 0.119 e. The lowest BCUT2D eigenvalue weighted by Crippen LogP contribution is -1.96. The SMILES string of the molecule is CCCCCOc1ccc(C#CSc2ccccc2)cc1.F.F.F.F.F. The van der Waals surface area contributed by atoms with Crippen LogP contribution in [-0.2, 0) is 0 Å². The van der Waals surface area contributed by atoms with Gasteiger partial charge in [0.25, 0.3) is 0 Å². The number of halogens is 5. The summed E-state index contributed by atoms with van der Waals surface area (Å²) in [6.07, 6.45) is 3.56. The van der Waals surface area contributed by atoms with Crippen LogP contribution < -0.4 is 4.74 Å². The van der Waals surface area contributed by atoms with Crippen molar-refractivity contribution in [1.82, 2.24) is 0 Å². The van der Waals surface area contributed by atoms with Gasteiger partial charge < -0.3 is 4.74 Å². The van der Waals surface area contributed by atoms with E-state index in [4.69, 9.17) is 4.74 Å². The number of benzene rings is 2. The van der Waals surface area contributed by atoms with Gasteiger partial charge in [0.1, 0.15) is 5.75 Å². The predicted molar refractivity (Wildman–Crippen MR) is 103 cm³/mol. The van der Waals surface area contributed by atoms with E-state index in [2.05, 4.69) is 30.2 Å². The number of unbranched alkanes of at least 4 members (excludes halogenated alkanes) is 2. The van der Waals surface area contributed by atoms with Crippen molar-refractivity contribution in [3.05, 3.63) is 60.2 Å². The Morgan fingerprint density at radius 2 is 1.42 bits per heavy atom. The van der Waals surface area contributed by atoms with Gasteiger partial charge in [-0.15, -0.1) is 0 Å². The molecule has 0 heterocycles. The molecule has 0 aliphatic heterocycles. The van der Waals surface area contributed by atoms with Crippen LogP contribution in [0.4, 0.5) is 23.5 Å². The summed E-state index contributed by atoms with van der Waals surface area (Å²) in [6.45, 7) is 2.99. The van der Waals surface area contributed by atoms with Crippen LogP contribution in [0.2, 0.25) is 0 Å². The molecule has 0 radical (unpaired) electrons. The first-order valence-corrected chi connectivity index (χ1v) is 8.16. The van der Waals surface area contributed by atoms with Crippen molar-refractivity contribution >= 4 is 11.8 Å². The topological polar surface area (TPSA) is 9.23 Å². The third kappa shape index (κ3) is 12.2. The van der Waals surface area contributed by atoms with Crippen LogP contribution in [0.25, 0.3) is 0 Å². The molecule has 148 valence electrons. The van der Waals surface area contributed by atoms with Crippen molar-refractivity contribution in [1.29, 1.82) is 0 Å². The molecule has 0 atom stereocenters. The maximum atomic E-state index is 5.68. The van der Waals surface area contributed by atoms with Gasteiger partial charge in [0.2, 0.25) is 0 Å². The van der Waals surface area contributed by atoms with E-state index in [1.54, 1.807) is 11.8 Å². The van der Waals surface area contributed by atoms with Gasteiger partial charge >= 0.3 is 0 Å². The van der Waals surface area contributed by atoms with Gasteiger partial charge in [-0.25, -0.2) is 0 Å². The fraction of sp³-hybridized carbons (Fsp3) is 0.263. The molecule has 0 spiro atoms. The molecule has 2 rings (SSSR count). The maximum absolute atomic E-state index is 5.68. The summed E-state index contributed by atoms with van der Waals surface area (Å²) in [5.74, 6) is 4.08. The Morgan fingerprint density at radius 1 is 0.808 bits per heavy atom. The van der Waals surface area contributed by atoms with Crippen LogP contribution in [-0.4, -0.2) is 6.61 Å². The highest BCUT2D eigenvalue weighted by molar-refractivity contribution is 8.03. The molecule has 0 N–H and O–H groups in total. The molecule has 0 bridgehead atoms. The molecule has 0 fully saturated rings. The normalized spacial score (nSPS) is 7.88. The van der Waals surface area contributed by atoms with E-state index in [0.29, 0.717) is 0 Å². The lowest BCUT2D eigenvalue weighted by atomic mass is 10.2. The summed E-state index contributed by atoms with van der Waals surface area (Å²) in [7, 11) is 0. The van der Waals surface area contributed by atoms with E-state index in [1.165, 1.54) is 17.7 Å². The number of ether oxygens (including phenoxy) is 1. The van der Waals surface area contributed by atoms with E-state index < -0.39 is 0 Å². The summed E-state index contributed by atoms with van der Waals surface area (Å²) in [4.78, 5) is 1.17. The Morgan fingerprint density at radius 3 is 2.00 bits per heavy atom. The molecule has 26 heavy (non-hydrogen) atoms. The van der Waals surface area contributed by atoms with E-state index >= 15 is 0 Å². The van der Waals surface area contributed by atoms with Crippen LogP contribution in [0.15, 0.2) is 59.5 Å². The van der Waals surface area contributed by atoms with Crippen LogP contribution in [0.5, 0.6) is 5.75 Å². The Balaban J connectivity index is -0.000000484. The molecular formula is C19H25F5OS. The van der Waals surface area contributed by atoms with Crippen LogP contribution in [0.1, 0.15) is 31.7 Å². The fourth-order valence-corrected chi connectivity index (χ4v) is 2.39. The molecule has 2 aromatic rings. The molecule has 0 saturated carbocycles. The van der Waals surface area contributed by atoms with Crippen molar-refractivity contribution in [3.8, 4) is 16.9 Å². The molecule has 7 heteroatoms. The lowest BCUT2D eigenvalue weighted by molar-refractivity contribution is 0.306. The number of thioether (sulfide) groups is 1. The fourth-order valence-electron chi connectivity index (χ4n) is 1.81. The monoisotopic (exact) mass is 396 g/mol. The van der Waals surface area contributed by atoms with Gasteiger partial charge in [-0.3, -0.25) is 23.5 Å². The molecule has 0 amide bonds. The van der Waals surface area contributed by atoms with Crippen LogP contribution in [0, 0.1) is 11.2 Å². The molecule has 2 aromatic carbocycles. The highest BCUT2D eigenvalue weighted by Crippen LogP contribution is 2.16. The second-order valence-electron chi connectivity index (χ2n) is 4.72. The summed E-state index contributed by atoms with van der Waals surface area (Å²) in [6, 6.07) is 18.2. The van der Waals surface area contributed by atoms with Gasteiger partial charge in [-0.1, -0.05) is 43.9 Å². The van der Waals surface area contributed by atoms with Gasteiger partial charge in [0.15, 0.2) is 0 Å². The minimum atomic E-state index is 0. The predicted octanol–water partition coefficient (Wildman–Crippen LogP) is 6.12. The number of rotatable bonds is 6. The first-order valence-electron chi connectivity index (χ1n) is 7.34. The van der Waals surface area contributed by atoms with Gasteiger partial charge in [-0.2, -0.15) is 0 Å². The van der Waals surface area contributed by atoms with E-state index in [1.807, 2.05) is 42.5 Å². The second kappa shape index (κ2) is 19.1.